The smallest absolute Gasteiger partial charge is 0.303 e. The fourth-order valence-electron chi connectivity index (χ4n) is 3.97. The topological polar surface area (TPSA) is 113 Å². The van der Waals surface area contributed by atoms with E-state index in [4.69, 9.17) is 14.6 Å². The average molecular weight is 453 g/mol. The van der Waals surface area contributed by atoms with Crippen molar-refractivity contribution in [1.29, 1.82) is 0 Å². The predicted octanol–water partition coefficient (Wildman–Crippen LogP) is 3.77. The summed E-state index contributed by atoms with van der Waals surface area (Å²) in [6, 6.07) is 12.9. The van der Waals surface area contributed by atoms with Crippen molar-refractivity contribution >= 4 is 23.4 Å². The predicted molar refractivity (Wildman–Crippen MR) is 121 cm³/mol. The Morgan fingerprint density at radius 1 is 0.939 bits per heavy atom. The van der Waals surface area contributed by atoms with E-state index >= 15 is 0 Å². The molecular weight excluding hydrogens is 426 g/mol. The number of carbonyl (C=O) groups excluding carboxylic acids is 2. The van der Waals surface area contributed by atoms with E-state index in [1.54, 1.807) is 48.5 Å². The number of carboxylic acids is 1. The Hall–Kier alpha value is -3.81. The van der Waals surface area contributed by atoms with Crippen molar-refractivity contribution in [1.82, 2.24) is 4.90 Å². The Bertz CT molecular complexity index is 1060. The Morgan fingerprint density at radius 2 is 1.64 bits per heavy atom. The Labute approximate surface area is 192 Å². The lowest BCUT2D eigenvalue weighted by molar-refractivity contribution is -0.140. The van der Waals surface area contributed by atoms with Crippen molar-refractivity contribution in [3.05, 3.63) is 65.2 Å². The number of hydrogen-bond acceptors (Lipinski definition) is 6. The molecule has 1 fully saturated rings. The van der Waals surface area contributed by atoms with Crippen molar-refractivity contribution in [2.24, 2.45) is 0 Å². The lowest BCUT2D eigenvalue weighted by Gasteiger charge is -2.26. The summed E-state index contributed by atoms with van der Waals surface area (Å²) in [5.41, 5.74) is 1.03. The number of aliphatic hydroxyl groups is 1. The monoisotopic (exact) mass is 453 g/mol. The SMILES string of the molecule is COc1ccc([C@@H]2/C(=C(\O)c3ccccc3)C(=O)C(=O)N2CCCCCC(=O)O)cc1OC. The molecule has 0 saturated carbocycles. The van der Waals surface area contributed by atoms with Gasteiger partial charge < -0.3 is 24.6 Å². The van der Waals surface area contributed by atoms with E-state index in [0.717, 1.165) is 0 Å². The minimum Gasteiger partial charge on any atom is -0.507 e. The van der Waals surface area contributed by atoms with E-state index in [9.17, 15) is 19.5 Å². The minimum absolute atomic E-state index is 0.00366. The van der Waals surface area contributed by atoms with Gasteiger partial charge in [-0.1, -0.05) is 42.8 Å². The Morgan fingerprint density at radius 3 is 2.27 bits per heavy atom. The number of amides is 1. The van der Waals surface area contributed by atoms with Crippen LogP contribution in [0, 0.1) is 0 Å². The van der Waals surface area contributed by atoms with Crippen LogP contribution in [0.1, 0.15) is 42.9 Å². The molecule has 0 aromatic heterocycles. The quantitative estimate of drug-likeness (QED) is 0.244. The highest BCUT2D eigenvalue weighted by atomic mass is 16.5. The number of nitrogens with zero attached hydrogens (tertiary/aromatic N) is 1. The summed E-state index contributed by atoms with van der Waals surface area (Å²) in [5, 5.41) is 19.8. The molecule has 0 radical (unpaired) electrons. The van der Waals surface area contributed by atoms with Crippen molar-refractivity contribution < 1.29 is 34.1 Å². The number of likely N-dealkylation sites (tertiary alicyclic amines) is 1. The van der Waals surface area contributed by atoms with Gasteiger partial charge in [0, 0.05) is 18.5 Å². The van der Waals surface area contributed by atoms with E-state index in [2.05, 4.69) is 0 Å². The van der Waals surface area contributed by atoms with Gasteiger partial charge in [-0.15, -0.1) is 0 Å². The number of aliphatic carboxylic acids is 1. The fraction of sp³-hybridized carbons (Fsp3) is 0.320. The molecule has 1 amide bonds. The number of rotatable bonds is 10. The van der Waals surface area contributed by atoms with Crippen LogP contribution in [0.15, 0.2) is 54.1 Å². The second-order valence-electron chi connectivity index (χ2n) is 7.68. The molecule has 2 aromatic carbocycles. The molecule has 1 heterocycles. The van der Waals surface area contributed by atoms with Gasteiger partial charge >= 0.3 is 5.97 Å². The summed E-state index contributed by atoms with van der Waals surface area (Å²) in [6.45, 7) is 0.245. The average Bonchev–Trinajstić information content (AvgIpc) is 3.08. The molecule has 0 unspecified atom stereocenters. The van der Waals surface area contributed by atoms with Crippen LogP contribution in [0.25, 0.3) is 5.76 Å². The first-order valence-electron chi connectivity index (χ1n) is 10.7. The third kappa shape index (κ3) is 5.16. The van der Waals surface area contributed by atoms with E-state index < -0.39 is 23.7 Å². The first-order chi connectivity index (χ1) is 15.9. The fourth-order valence-corrected chi connectivity index (χ4v) is 3.97. The molecule has 1 saturated heterocycles. The van der Waals surface area contributed by atoms with Crippen LogP contribution < -0.4 is 9.47 Å². The van der Waals surface area contributed by atoms with Crippen LogP contribution in [0.5, 0.6) is 11.5 Å². The van der Waals surface area contributed by atoms with Crippen molar-refractivity contribution in [3.8, 4) is 11.5 Å². The number of benzene rings is 2. The third-order valence-corrected chi connectivity index (χ3v) is 5.60. The third-order valence-electron chi connectivity index (χ3n) is 5.60. The van der Waals surface area contributed by atoms with Crippen molar-refractivity contribution in [2.75, 3.05) is 20.8 Å². The molecule has 2 aromatic rings. The molecule has 0 bridgehead atoms. The van der Waals surface area contributed by atoms with Crippen molar-refractivity contribution in [2.45, 2.75) is 31.7 Å². The molecule has 1 atom stereocenters. The van der Waals surface area contributed by atoms with Gasteiger partial charge in [-0.2, -0.15) is 0 Å². The van der Waals surface area contributed by atoms with E-state index in [1.807, 2.05) is 0 Å². The zero-order chi connectivity index (χ0) is 24.0. The van der Waals surface area contributed by atoms with Gasteiger partial charge in [0.15, 0.2) is 11.5 Å². The number of hydrogen-bond donors (Lipinski definition) is 2. The number of ether oxygens (including phenoxy) is 2. The van der Waals surface area contributed by atoms with Gasteiger partial charge in [0.2, 0.25) is 0 Å². The maximum atomic E-state index is 13.0. The number of ketones is 1. The molecule has 1 aliphatic heterocycles. The maximum Gasteiger partial charge on any atom is 0.303 e. The van der Waals surface area contributed by atoms with Crippen LogP contribution in [0.3, 0.4) is 0 Å². The van der Waals surface area contributed by atoms with Crippen LogP contribution in [-0.4, -0.2) is 53.5 Å². The second-order valence-corrected chi connectivity index (χ2v) is 7.68. The zero-order valence-corrected chi connectivity index (χ0v) is 18.6. The summed E-state index contributed by atoms with van der Waals surface area (Å²) in [7, 11) is 3.00. The lowest BCUT2D eigenvalue weighted by atomic mass is 9.95. The summed E-state index contributed by atoms with van der Waals surface area (Å²) < 4.78 is 10.7. The summed E-state index contributed by atoms with van der Waals surface area (Å²) in [5.74, 6) is -1.66. The van der Waals surface area contributed by atoms with Gasteiger partial charge in [0.25, 0.3) is 11.7 Å². The largest absolute Gasteiger partial charge is 0.507 e. The highest BCUT2D eigenvalue weighted by molar-refractivity contribution is 6.46. The van der Waals surface area contributed by atoms with E-state index in [-0.39, 0.29) is 24.3 Å². The Balaban J connectivity index is 2.02. The van der Waals surface area contributed by atoms with Gasteiger partial charge in [0.05, 0.1) is 25.8 Å². The van der Waals surface area contributed by atoms with Crippen LogP contribution in [0.4, 0.5) is 0 Å². The van der Waals surface area contributed by atoms with Gasteiger partial charge in [0.1, 0.15) is 5.76 Å². The summed E-state index contributed by atoms with van der Waals surface area (Å²) >= 11 is 0. The first-order valence-corrected chi connectivity index (χ1v) is 10.7. The highest BCUT2D eigenvalue weighted by Crippen LogP contribution is 2.42. The lowest BCUT2D eigenvalue weighted by Crippen LogP contribution is -2.30. The first kappa shape index (κ1) is 23.8. The minimum atomic E-state index is -0.872. The molecule has 0 spiro atoms. The number of methoxy groups -OCH3 is 2. The van der Waals surface area contributed by atoms with Crippen LogP contribution in [0.2, 0.25) is 0 Å². The molecule has 1 aliphatic rings. The second kappa shape index (κ2) is 10.7. The Kier molecular flexibility index (Phi) is 7.71. The van der Waals surface area contributed by atoms with E-state index in [0.29, 0.717) is 41.9 Å². The number of carbonyl (C=O) groups is 3. The van der Waals surface area contributed by atoms with Gasteiger partial charge in [-0.3, -0.25) is 14.4 Å². The number of unbranched alkanes of at least 4 members (excludes halogenated alkanes) is 2. The van der Waals surface area contributed by atoms with Gasteiger partial charge in [-0.05, 0) is 30.5 Å². The van der Waals surface area contributed by atoms with Crippen LogP contribution >= 0.6 is 0 Å². The highest BCUT2D eigenvalue weighted by Gasteiger charge is 2.46. The van der Waals surface area contributed by atoms with Crippen LogP contribution in [-0.2, 0) is 14.4 Å². The molecule has 174 valence electrons. The molecule has 2 N–H and O–H groups in total. The molecule has 8 nitrogen and oxygen atoms in total. The molecule has 8 heteroatoms. The summed E-state index contributed by atoms with van der Waals surface area (Å²) in [6.07, 6.45) is 1.64. The molecular formula is C25H27NO7. The molecule has 3 rings (SSSR count). The summed E-state index contributed by atoms with van der Waals surface area (Å²) in [4.78, 5) is 38.2. The molecule has 33 heavy (non-hydrogen) atoms. The van der Waals surface area contributed by atoms with Crippen molar-refractivity contribution in [3.63, 3.8) is 0 Å². The van der Waals surface area contributed by atoms with E-state index in [1.165, 1.54) is 19.1 Å². The maximum absolute atomic E-state index is 13.0. The van der Waals surface area contributed by atoms with Gasteiger partial charge in [-0.25, -0.2) is 0 Å². The number of aliphatic hydroxyl groups excluding tert-OH is 1. The normalized spacial score (nSPS) is 17.3. The standard InChI is InChI=1S/C25H27NO7/c1-32-18-13-12-17(15-19(18)33-2)22-21(23(29)16-9-5-3-6-10-16)24(30)25(31)26(22)14-8-4-7-11-20(27)28/h3,5-6,9-10,12-13,15,22,29H,4,7-8,11,14H2,1-2H3,(H,27,28)/b23-21+/t22-/m1/s1. The number of carboxylic acid groups (broad SMARTS) is 1. The molecule has 0 aliphatic carbocycles. The zero-order valence-electron chi connectivity index (χ0n) is 18.6. The number of Topliss-reactive ketones (excluding diaryl/α,β-unsaturated/α-hetero) is 1.